The maximum Gasteiger partial charge on any atom is 0.259 e. The van der Waals surface area contributed by atoms with Crippen LogP contribution in [0.1, 0.15) is 29.3 Å². The topological polar surface area (TPSA) is 84.3 Å². The van der Waals surface area contributed by atoms with E-state index in [4.69, 9.17) is 11.6 Å². The summed E-state index contributed by atoms with van der Waals surface area (Å²) in [5.41, 5.74) is 2.59. The van der Waals surface area contributed by atoms with Crippen LogP contribution in [0.5, 0.6) is 0 Å². The third-order valence-electron chi connectivity index (χ3n) is 5.47. The minimum absolute atomic E-state index is 0.0115. The molecule has 0 bridgehead atoms. The zero-order valence-electron chi connectivity index (χ0n) is 18.9. The van der Waals surface area contributed by atoms with Crippen LogP contribution in [-0.4, -0.2) is 35.2 Å². The number of amides is 1. The van der Waals surface area contributed by atoms with Gasteiger partial charge in [-0.3, -0.25) is 10.1 Å². The highest BCUT2D eigenvalue weighted by Crippen LogP contribution is 2.26. The van der Waals surface area contributed by atoms with Crippen LogP contribution in [0.2, 0.25) is 5.02 Å². The Morgan fingerprint density at radius 2 is 1.76 bits per heavy atom. The van der Waals surface area contributed by atoms with Crippen molar-refractivity contribution >= 4 is 44.5 Å². The highest BCUT2D eigenvalue weighted by atomic mass is 35.5. The molecule has 7 nitrogen and oxygen atoms in total. The number of halogens is 1. The second kappa shape index (κ2) is 9.97. The van der Waals surface area contributed by atoms with Gasteiger partial charge in [0.15, 0.2) is 0 Å². The lowest BCUT2D eigenvalue weighted by atomic mass is 10.2. The Morgan fingerprint density at radius 1 is 1.06 bits per heavy atom. The van der Waals surface area contributed by atoms with E-state index < -0.39 is 15.9 Å². The van der Waals surface area contributed by atoms with Crippen LogP contribution in [0, 0.1) is 0 Å². The van der Waals surface area contributed by atoms with Crippen molar-refractivity contribution in [2.24, 2.45) is 0 Å². The molecule has 0 aliphatic rings. The summed E-state index contributed by atoms with van der Waals surface area (Å²) in [5, 5.41) is 2.96. The summed E-state index contributed by atoms with van der Waals surface area (Å²) in [4.78, 5) is 17.7. The average Bonchev–Trinajstić information content (AvgIpc) is 3.17. The van der Waals surface area contributed by atoms with Gasteiger partial charge in [-0.1, -0.05) is 61.0 Å². The zero-order valence-corrected chi connectivity index (χ0v) is 20.5. The van der Waals surface area contributed by atoms with Gasteiger partial charge in [0.2, 0.25) is 16.0 Å². The third-order valence-corrected chi connectivity index (χ3v) is 7.59. The normalized spacial score (nSPS) is 11.8. The van der Waals surface area contributed by atoms with Gasteiger partial charge in [0, 0.05) is 20.1 Å². The Balaban J connectivity index is 1.63. The molecule has 0 unspecified atom stereocenters. The van der Waals surface area contributed by atoms with Crippen LogP contribution in [0.4, 0.5) is 5.95 Å². The molecule has 0 spiro atoms. The lowest BCUT2D eigenvalue weighted by molar-refractivity contribution is 0.102. The second-order valence-electron chi connectivity index (χ2n) is 7.92. The molecule has 4 aromatic rings. The maximum atomic E-state index is 13.2. The standard InChI is InChI=1S/C25H25ClN4O3S/c1-3-15-30-23-12-8-7-11-22(23)27-25(30)28-24(31)20-16-19(13-14-21(20)26)34(32,33)29(2)17-18-9-5-4-6-10-18/h4-14,16H,3,15,17H2,1-2H3,(H,27,28,31). The Hall–Kier alpha value is -3.20. The van der Waals surface area contributed by atoms with Crippen molar-refractivity contribution in [3.05, 3.63) is 88.9 Å². The van der Waals surface area contributed by atoms with Crippen LogP contribution in [0.25, 0.3) is 11.0 Å². The number of benzene rings is 3. The Morgan fingerprint density at radius 3 is 2.50 bits per heavy atom. The molecule has 3 aromatic carbocycles. The first-order valence-electron chi connectivity index (χ1n) is 10.9. The molecule has 0 saturated heterocycles. The van der Waals surface area contributed by atoms with E-state index in [0.29, 0.717) is 12.5 Å². The van der Waals surface area contributed by atoms with Gasteiger partial charge in [-0.2, -0.15) is 4.31 Å². The number of sulfonamides is 1. The van der Waals surface area contributed by atoms with Gasteiger partial charge in [-0.15, -0.1) is 0 Å². The predicted octanol–water partition coefficient (Wildman–Crippen LogP) is 5.17. The average molecular weight is 497 g/mol. The van der Waals surface area contributed by atoms with E-state index in [9.17, 15) is 13.2 Å². The van der Waals surface area contributed by atoms with E-state index >= 15 is 0 Å². The van der Waals surface area contributed by atoms with E-state index in [-0.39, 0.29) is 22.0 Å². The van der Waals surface area contributed by atoms with Crippen LogP contribution >= 0.6 is 11.6 Å². The number of rotatable bonds is 8. The summed E-state index contributed by atoms with van der Waals surface area (Å²) in [7, 11) is -2.34. The molecule has 34 heavy (non-hydrogen) atoms. The van der Waals surface area contributed by atoms with Crippen molar-refractivity contribution in [2.75, 3.05) is 12.4 Å². The Kier molecular flexibility index (Phi) is 7.02. The van der Waals surface area contributed by atoms with E-state index in [1.165, 1.54) is 29.6 Å². The molecule has 9 heteroatoms. The number of para-hydroxylation sites is 2. The summed E-state index contributed by atoms with van der Waals surface area (Å²) < 4.78 is 29.5. The fourth-order valence-electron chi connectivity index (χ4n) is 3.73. The molecule has 0 aliphatic heterocycles. The number of hydrogen-bond donors (Lipinski definition) is 1. The number of imidazole rings is 1. The quantitative estimate of drug-likeness (QED) is 0.364. The smallest absolute Gasteiger partial charge is 0.259 e. The first-order chi connectivity index (χ1) is 16.3. The van der Waals surface area contributed by atoms with Crippen LogP contribution in [0.15, 0.2) is 77.7 Å². The fourth-order valence-corrected chi connectivity index (χ4v) is 5.12. The molecule has 1 aromatic heterocycles. The highest BCUT2D eigenvalue weighted by Gasteiger charge is 2.24. The predicted molar refractivity (Wildman–Crippen MR) is 135 cm³/mol. The van der Waals surface area contributed by atoms with Gasteiger partial charge in [0.25, 0.3) is 5.91 Å². The molecule has 0 fully saturated rings. The minimum Gasteiger partial charge on any atom is -0.310 e. The molecule has 176 valence electrons. The van der Waals surface area contributed by atoms with Crippen molar-refractivity contribution in [3.8, 4) is 0 Å². The number of nitrogens with one attached hydrogen (secondary N) is 1. The first-order valence-corrected chi connectivity index (χ1v) is 12.7. The number of nitrogens with zero attached hydrogens (tertiary/aromatic N) is 3. The SMILES string of the molecule is CCCn1c(NC(=O)c2cc(S(=O)(=O)N(C)Cc3ccccc3)ccc2Cl)nc2ccccc21. The molecule has 1 heterocycles. The van der Waals surface area contributed by atoms with Gasteiger partial charge in [-0.25, -0.2) is 13.4 Å². The van der Waals surface area contributed by atoms with Crippen molar-refractivity contribution < 1.29 is 13.2 Å². The van der Waals surface area contributed by atoms with Gasteiger partial charge < -0.3 is 4.57 Å². The first kappa shape index (κ1) is 23.9. The summed E-state index contributed by atoms with van der Waals surface area (Å²) in [6.07, 6.45) is 0.853. The van der Waals surface area contributed by atoms with Gasteiger partial charge in [0.05, 0.1) is 26.5 Å². The van der Waals surface area contributed by atoms with E-state index in [1.807, 2.05) is 66.1 Å². The van der Waals surface area contributed by atoms with E-state index in [1.54, 1.807) is 0 Å². The molecule has 0 atom stereocenters. The van der Waals surface area contributed by atoms with Crippen LogP contribution < -0.4 is 5.32 Å². The largest absolute Gasteiger partial charge is 0.310 e. The van der Waals surface area contributed by atoms with Crippen LogP contribution in [0.3, 0.4) is 0 Å². The van der Waals surface area contributed by atoms with E-state index in [2.05, 4.69) is 10.3 Å². The molecule has 0 aliphatic carbocycles. The van der Waals surface area contributed by atoms with Crippen molar-refractivity contribution in [1.82, 2.24) is 13.9 Å². The number of carbonyl (C=O) groups is 1. The molecular formula is C25H25ClN4O3S. The number of anilines is 1. The monoisotopic (exact) mass is 496 g/mol. The third kappa shape index (κ3) is 4.84. The van der Waals surface area contributed by atoms with Gasteiger partial charge in [-0.05, 0) is 42.3 Å². The fraction of sp³-hybridized carbons (Fsp3) is 0.200. The van der Waals surface area contributed by atoms with Gasteiger partial charge >= 0.3 is 0 Å². The number of fused-ring (bicyclic) bond motifs is 1. The van der Waals surface area contributed by atoms with Crippen molar-refractivity contribution in [3.63, 3.8) is 0 Å². The summed E-state index contributed by atoms with van der Waals surface area (Å²) in [5.74, 6) is -0.140. The number of hydrogen-bond acceptors (Lipinski definition) is 4. The zero-order chi connectivity index (χ0) is 24.3. The lowest BCUT2D eigenvalue weighted by Crippen LogP contribution is -2.27. The summed E-state index contributed by atoms with van der Waals surface area (Å²) in [6, 6.07) is 21.0. The maximum absolute atomic E-state index is 13.2. The molecule has 1 amide bonds. The highest BCUT2D eigenvalue weighted by molar-refractivity contribution is 7.89. The Bertz CT molecular complexity index is 1440. The Labute approximate surface area is 204 Å². The second-order valence-corrected chi connectivity index (χ2v) is 10.4. The molecule has 0 radical (unpaired) electrons. The summed E-state index contributed by atoms with van der Waals surface area (Å²) in [6.45, 7) is 2.91. The molecule has 0 saturated carbocycles. The summed E-state index contributed by atoms with van der Waals surface area (Å²) >= 11 is 6.30. The number of aryl methyl sites for hydroxylation is 1. The van der Waals surface area contributed by atoms with Crippen LogP contribution in [-0.2, 0) is 23.1 Å². The van der Waals surface area contributed by atoms with Gasteiger partial charge in [0.1, 0.15) is 0 Å². The molecule has 1 N–H and O–H groups in total. The lowest BCUT2D eigenvalue weighted by Gasteiger charge is -2.18. The van der Waals surface area contributed by atoms with E-state index in [0.717, 1.165) is 23.0 Å². The number of aromatic nitrogens is 2. The van der Waals surface area contributed by atoms with Crippen molar-refractivity contribution in [2.45, 2.75) is 31.3 Å². The van der Waals surface area contributed by atoms with Crippen molar-refractivity contribution in [1.29, 1.82) is 0 Å². The minimum atomic E-state index is -3.85. The number of carbonyl (C=O) groups excluding carboxylic acids is 1. The molecular weight excluding hydrogens is 472 g/mol. The molecule has 4 rings (SSSR count).